The molecule has 0 aromatic heterocycles. The first kappa shape index (κ1) is 16.5. The molecular formula is C18H20N2O3. The summed E-state index contributed by atoms with van der Waals surface area (Å²) in [4.78, 5) is 16.8. The number of amides is 1. The standard InChI is InChI=1S/C18H20N2O3/c1-12-9-10-15(13(2)11-12)23-16-8-6-5-7-14(16)17(20-22-4)18(21)19-3/h5-11H,1-4H3,(H,19,21). The normalized spacial score (nSPS) is 11.0. The van der Waals surface area contributed by atoms with Crippen LogP contribution in [0.1, 0.15) is 16.7 Å². The molecule has 5 heteroatoms. The summed E-state index contributed by atoms with van der Waals surface area (Å²) in [6, 6.07) is 13.2. The summed E-state index contributed by atoms with van der Waals surface area (Å²) in [7, 11) is 2.94. The van der Waals surface area contributed by atoms with Crippen LogP contribution in [0.4, 0.5) is 0 Å². The molecule has 0 saturated carbocycles. The highest BCUT2D eigenvalue weighted by molar-refractivity contribution is 6.45. The van der Waals surface area contributed by atoms with Gasteiger partial charge in [0.25, 0.3) is 5.91 Å². The van der Waals surface area contributed by atoms with Gasteiger partial charge in [-0.05, 0) is 37.6 Å². The summed E-state index contributed by atoms with van der Waals surface area (Å²) in [5.74, 6) is 0.930. The Balaban J connectivity index is 2.44. The van der Waals surface area contributed by atoms with Gasteiger partial charge in [-0.25, -0.2) is 0 Å². The number of rotatable bonds is 5. The first-order valence-corrected chi connectivity index (χ1v) is 7.24. The van der Waals surface area contributed by atoms with E-state index in [1.807, 2.05) is 44.2 Å². The van der Waals surface area contributed by atoms with E-state index in [-0.39, 0.29) is 11.6 Å². The van der Waals surface area contributed by atoms with E-state index in [1.165, 1.54) is 7.11 Å². The van der Waals surface area contributed by atoms with Gasteiger partial charge in [0.2, 0.25) is 0 Å². The molecule has 23 heavy (non-hydrogen) atoms. The summed E-state index contributed by atoms with van der Waals surface area (Å²) >= 11 is 0. The summed E-state index contributed by atoms with van der Waals surface area (Å²) < 4.78 is 6.00. The molecule has 0 fully saturated rings. The molecule has 0 aliphatic rings. The maximum absolute atomic E-state index is 12.0. The molecule has 2 aromatic carbocycles. The summed E-state index contributed by atoms with van der Waals surface area (Å²) in [6.45, 7) is 4.01. The van der Waals surface area contributed by atoms with Crippen LogP contribution in [0.25, 0.3) is 0 Å². The molecule has 0 aliphatic heterocycles. The van der Waals surface area contributed by atoms with E-state index in [0.29, 0.717) is 11.3 Å². The van der Waals surface area contributed by atoms with Crippen LogP contribution < -0.4 is 10.1 Å². The lowest BCUT2D eigenvalue weighted by Gasteiger charge is -2.13. The van der Waals surface area contributed by atoms with Crippen LogP contribution in [0, 0.1) is 13.8 Å². The molecule has 0 saturated heterocycles. The fourth-order valence-corrected chi connectivity index (χ4v) is 2.21. The van der Waals surface area contributed by atoms with Crippen LogP contribution >= 0.6 is 0 Å². The van der Waals surface area contributed by atoms with Gasteiger partial charge >= 0.3 is 0 Å². The molecule has 1 amide bonds. The summed E-state index contributed by atoms with van der Waals surface area (Å²) in [5.41, 5.74) is 2.91. The van der Waals surface area contributed by atoms with E-state index in [9.17, 15) is 4.79 Å². The number of likely N-dealkylation sites (N-methyl/N-ethyl adjacent to an activating group) is 1. The first-order valence-electron chi connectivity index (χ1n) is 7.24. The molecule has 0 spiro atoms. The fourth-order valence-electron chi connectivity index (χ4n) is 2.21. The van der Waals surface area contributed by atoms with Crippen molar-refractivity contribution in [3.05, 3.63) is 59.2 Å². The number of carbonyl (C=O) groups is 1. The van der Waals surface area contributed by atoms with Gasteiger partial charge < -0.3 is 14.9 Å². The van der Waals surface area contributed by atoms with E-state index >= 15 is 0 Å². The monoisotopic (exact) mass is 312 g/mol. The summed E-state index contributed by atoms with van der Waals surface area (Å²) in [5, 5.41) is 6.38. The van der Waals surface area contributed by atoms with Crippen molar-refractivity contribution < 1.29 is 14.4 Å². The quantitative estimate of drug-likeness (QED) is 0.681. The van der Waals surface area contributed by atoms with Crippen LogP contribution in [-0.4, -0.2) is 25.8 Å². The molecule has 5 nitrogen and oxygen atoms in total. The SMILES string of the molecule is CNC(=O)C(=NOC)c1ccccc1Oc1ccc(C)cc1C. The van der Waals surface area contributed by atoms with E-state index in [0.717, 1.165) is 16.9 Å². The Labute approximate surface area is 135 Å². The fraction of sp³-hybridized carbons (Fsp3) is 0.222. The van der Waals surface area contributed by atoms with Crippen LogP contribution in [0.15, 0.2) is 47.6 Å². The average Bonchev–Trinajstić information content (AvgIpc) is 2.55. The topological polar surface area (TPSA) is 59.9 Å². The molecule has 0 radical (unpaired) electrons. The number of nitrogens with one attached hydrogen (secondary N) is 1. The minimum absolute atomic E-state index is 0.162. The Bertz CT molecular complexity index is 739. The maximum Gasteiger partial charge on any atom is 0.273 e. The zero-order chi connectivity index (χ0) is 16.8. The Hall–Kier alpha value is -2.82. The summed E-state index contributed by atoms with van der Waals surface area (Å²) in [6.07, 6.45) is 0. The zero-order valence-electron chi connectivity index (χ0n) is 13.7. The van der Waals surface area contributed by atoms with Gasteiger partial charge in [-0.15, -0.1) is 0 Å². The second-order valence-electron chi connectivity index (χ2n) is 5.07. The molecule has 1 N–H and O–H groups in total. The number of oxime groups is 1. The number of benzene rings is 2. The van der Waals surface area contributed by atoms with Crippen molar-refractivity contribution >= 4 is 11.6 Å². The van der Waals surface area contributed by atoms with E-state index in [4.69, 9.17) is 9.57 Å². The molecule has 0 bridgehead atoms. The Morgan fingerprint density at radius 1 is 1.09 bits per heavy atom. The number of aryl methyl sites for hydroxylation is 2. The Morgan fingerprint density at radius 2 is 1.83 bits per heavy atom. The Morgan fingerprint density at radius 3 is 2.48 bits per heavy atom. The van der Waals surface area contributed by atoms with Crippen LogP contribution in [0.5, 0.6) is 11.5 Å². The van der Waals surface area contributed by atoms with Crippen molar-refractivity contribution in [3.8, 4) is 11.5 Å². The van der Waals surface area contributed by atoms with Crippen molar-refractivity contribution in [1.82, 2.24) is 5.32 Å². The third kappa shape index (κ3) is 3.88. The molecule has 2 aromatic rings. The van der Waals surface area contributed by atoms with E-state index in [1.54, 1.807) is 19.2 Å². The number of hydrogen-bond acceptors (Lipinski definition) is 4. The van der Waals surface area contributed by atoms with Crippen molar-refractivity contribution in [2.45, 2.75) is 13.8 Å². The molecule has 120 valence electrons. The predicted octanol–water partition coefficient (Wildman–Crippen LogP) is 3.19. The largest absolute Gasteiger partial charge is 0.456 e. The highest BCUT2D eigenvalue weighted by atomic mass is 16.6. The van der Waals surface area contributed by atoms with Gasteiger partial charge in [0, 0.05) is 7.05 Å². The van der Waals surface area contributed by atoms with Crippen molar-refractivity contribution in [3.63, 3.8) is 0 Å². The third-order valence-electron chi connectivity index (χ3n) is 3.32. The van der Waals surface area contributed by atoms with Gasteiger partial charge in [0.15, 0.2) is 5.71 Å². The average molecular weight is 312 g/mol. The van der Waals surface area contributed by atoms with Crippen molar-refractivity contribution in [2.24, 2.45) is 5.16 Å². The van der Waals surface area contributed by atoms with E-state index in [2.05, 4.69) is 10.5 Å². The highest BCUT2D eigenvalue weighted by Gasteiger charge is 2.18. The minimum Gasteiger partial charge on any atom is -0.456 e. The molecule has 0 heterocycles. The lowest BCUT2D eigenvalue weighted by molar-refractivity contribution is -0.114. The maximum atomic E-state index is 12.0. The first-order chi connectivity index (χ1) is 11.1. The smallest absolute Gasteiger partial charge is 0.273 e. The zero-order valence-corrected chi connectivity index (χ0v) is 13.7. The van der Waals surface area contributed by atoms with Crippen LogP contribution in [-0.2, 0) is 9.63 Å². The third-order valence-corrected chi connectivity index (χ3v) is 3.32. The molecule has 0 aliphatic carbocycles. The van der Waals surface area contributed by atoms with Crippen LogP contribution in [0.3, 0.4) is 0 Å². The van der Waals surface area contributed by atoms with Crippen molar-refractivity contribution in [2.75, 3.05) is 14.2 Å². The number of hydrogen-bond donors (Lipinski definition) is 1. The lowest BCUT2D eigenvalue weighted by atomic mass is 10.1. The van der Waals surface area contributed by atoms with Gasteiger partial charge in [-0.2, -0.15) is 0 Å². The van der Waals surface area contributed by atoms with Gasteiger partial charge in [-0.3, -0.25) is 4.79 Å². The molecule has 0 unspecified atom stereocenters. The second-order valence-corrected chi connectivity index (χ2v) is 5.07. The van der Waals surface area contributed by atoms with Gasteiger partial charge in [0.1, 0.15) is 18.6 Å². The van der Waals surface area contributed by atoms with E-state index < -0.39 is 0 Å². The Kier molecular flexibility index (Phi) is 5.36. The number of nitrogens with zero attached hydrogens (tertiary/aromatic N) is 1. The van der Waals surface area contributed by atoms with Gasteiger partial charge in [-0.1, -0.05) is 35.0 Å². The second kappa shape index (κ2) is 7.45. The highest BCUT2D eigenvalue weighted by Crippen LogP contribution is 2.29. The predicted molar refractivity (Wildman–Crippen MR) is 90.0 cm³/mol. The lowest BCUT2D eigenvalue weighted by Crippen LogP contribution is -2.28. The minimum atomic E-state index is -0.344. The number of ether oxygens (including phenoxy) is 1. The number of para-hydroxylation sites is 1. The molecule has 2 rings (SSSR count). The number of carbonyl (C=O) groups excluding carboxylic acids is 1. The molecular weight excluding hydrogens is 292 g/mol. The molecule has 0 atom stereocenters. The van der Waals surface area contributed by atoms with Crippen LogP contribution in [0.2, 0.25) is 0 Å². The van der Waals surface area contributed by atoms with Crippen molar-refractivity contribution in [1.29, 1.82) is 0 Å². The van der Waals surface area contributed by atoms with Gasteiger partial charge in [0.05, 0.1) is 5.56 Å².